The molecule has 0 atom stereocenters. The van der Waals surface area contributed by atoms with Gasteiger partial charge in [0.25, 0.3) is 0 Å². The Morgan fingerprint density at radius 1 is 0.400 bits per heavy atom. The normalized spacial score (nSPS) is 11.5. The summed E-state index contributed by atoms with van der Waals surface area (Å²) < 4.78 is 47.9. The van der Waals surface area contributed by atoms with Crippen molar-refractivity contribution in [3.63, 3.8) is 0 Å². The number of nitrogens with zero attached hydrogens (tertiary/aromatic N) is 5. The highest BCUT2D eigenvalue weighted by Crippen LogP contribution is 2.45. The smallest absolute Gasteiger partial charge is 0.308 e. The standard InChI is InChI=1S/C52H28F3N5/c53-52(54,55)38-13-9-12-35(26-38)51-49(59-45-18-7-5-16-41(45)43-22-20-33(27-47(43)59)39-14-3-1-10-36(39)30-57)24-32(29-56)25-50(51)60-46-19-8-6-17-42(46)44-23-21-34(28-48(44)60)40-15-4-2-11-37(40)31-58/h1-28H. The first kappa shape index (κ1) is 36.0. The number of hydrogen-bond acceptors (Lipinski definition) is 3. The minimum Gasteiger partial charge on any atom is -0.308 e. The van der Waals surface area contributed by atoms with Crippen LogP contribution in [0.1, 0.15) is 22.3 Å². The van der Waals surface area contributed by atoms with Crippen LogP contribution in [0.4, 0.5) is 13.2 Å². The molecule has 0 aliphatic rings. The van der Waals surface area contributed by atoms with Crippen LogP contribution in [-0.4, -0.2) is 9.13 Å². The van der Waals surface area contributed by atoms with Gasteiger partial charge in [0.15, 0.2) is 0 Å². The minimum atomic E-state index is -4.63. The fourth-order valence-electron chi connectivity index (χ4n) is 8.64. The van der Waals surface area contributed by atoms with E-state index in [0.717, 1.165) is 71.9 Å². The fourth-order valence-corrected chi connectivity index (χ4v) is 8.64. The quantitative estimate of drug-likeness (QED) is 0.174. The average molecular weight is 780 g/mol. The molecule has 10 aromatic rings. The topological polar surface area (TPSA) is 81.2 Å². The molecule has 0 amide bonds. The van der Waals surface area contributed by atoms with Crippen molar-refractivity contribution in [1.82, 2.24) is 9.13 Å². The largest absolute Gasteiger partial charge is 0.416 e. The third-order valence-electron chi connectivity index (χ3n) is 11.3. The zero-order chi connectivity index (χ0) is 41.1. The highest BCUT2D eigenvalue weighted by molar-refractivity contribution is 6.13. The van der Waals surface area contributed by atoms with E-state index >= 15 is 0 Å². The average Bonchev–Trinajstić information content (AvgIpc) is 3.80. The molecule has 8 heteroatoms. The molecule has 0 radical (unpaired) electrons. The van der Waals surface area contributed by atoms with Crippen LogP contribution in [0.2, 0.25) is 0 Å². The number of rotatable bonds is 5. The van der Waals surface area contributed by atoms with Crippen molar-refractivity contribution in [2.75, 3.05) is 0 Å². The second-order valence-corrected chi connectivity index (χ2v) is 14.6. The summed E-state index contributed by atoms with van der Waals surface area (Å²) in [4.78, 5) is 0. The van der Waals surface area contributed by atoms with Gasteiger partial charge >= 0.3 is 6.18 Å². The van der Waals surface area contributed by atoms with Gasteiger partial charge in [-0.1, -0.05) is 109 Å². The molecule has 0 bridgehead atoms. The van der Waals surface area contributed by atoms with E-state index in [1.807, 2.05) is 130 Å². The van der Waals surface area contributed by atoms with Crippen LogP contribution in [0, 0.1) is 34.0 Å². The van der Waals surface area contributed by atoms with Crippen molar-refractivity contribution in [3.05, 3.63) is 192 Å². The number of aromatic nitrogens is 2. The van der Waals surface area contributed by atoms with Crippen LogP contribution in [-0.2, 0) is 6.18 Å². The van der Waals surface area contributed by atoms with Crippen LogP contribution in [0.3, 0.4) is 0 Å². The van der Waals surface area contributed by atoms with Gasteiger partial charge in [-0.05, 0) is 88.5 Å². The van der Waals surface area contributed by atoms with Crippen LogP contribution in [0.5, 0.6) is 0 Å². The second-order valence-electron chi connectivity index (χ2n) is 14.6. The van der Waals surface area contributed by atoms with Gasteiger partial charge < -0.3 is 9.13 Å². The van der Waals surface area contributed by atoms with Gasteiger partial charge in [0.2, 0.25) is 0 Å². The van der Waals surface area contributed by atoms with Gasteiger partial charge in [-0.25, -0.2) is 0 Å². The predicted molar refractivity (Wildman–Crippen MR) is 231 cm³/mol. The Kier molecular flexibility index (Phi) is 8.35. The van der Waals surface area contributed by atoms with E-state index in [2.05, 4.69) is 18.2 Å². The molecule has 2 heterocycles. The molecule has 0 aliphatic heterocycles. The lowest BCUT2D eigenvalue weighted by Crippen LogP contribution is -2.07. The van der Waals surface area contributed by atoms with Gasteiger partial charge in [0, 0.05) is 27.1 Å². The monoisotopic (exact) mass is 779 g/mol. The number of alkyl halides is 3. The number of hydrogen-bond donors (Lipinski definition) is 0. The molecule has 0 saturated carbocycles. The zero-order valence-electron chi connectivity index (χ0n) is 31.5. The molecule has 0 aliphatic carbocycles. The van der Waals surface area contributed by atoms with E-state index in [1.165, 1.54) is 12.1 Å². The molecule has 282 valence electrons. The highest BCUT2D eigenvalue weighted by atomic mass is 19.4. The van der Waals surface area contributed by atoms with E-state index in [9.17, 15) is 29.0 Å². The molecule has 0 unspecified atom stereocenters. The molecule has 60 heavy (non-hydrogen) atoms. The summed E-state index contributed by atoms with van der Waals surface area (Å²) in [7, 11) is 0. The molecule has 8 aromatic carbocycles. The van der Waals surface area contributed by atoms with Gasteiger partial charge in [-0.3, -0.25) is 0 Å². The van der Waals surface area contributed by atoms with Crippen molar-refractivity contribution in [1.29, 1.82) is 15.8 Å². The molecule has 5 nitrogen and oxygen atoms in total. The van der Waals surface area contributed by atoms with Crippen molar-refractivity contribution in [3.8, 4) is 63.0 Å². The number of nitriles is 3. The van der Waals surface area contributed by atoms with Gasteiger partial charge in [-0.2, -0.15) is 29.0 Å². The maximum atomic E-state index is 14.6. The first-order valence-corrected chi connectivity index (χ1v) is 19.1. The Morgan fingerprint density at radius 3 is 1.35 bits per heavy atom. The Hall–Kier alpha value is -8.38. The number of benzene rings is 8. The first-order valence-electron chi connectivity index (χ1n) is 19.1. The predicted octanol–water partition coefficient (Wildman–Crippen LogP) is 13.5. The molecule has 0 fully saturated rings. The maximum absolute atomic E-state index is 14.6. The first-order chi connectivity index (χ1) is 29.3. The fraction of sp³-hybridized carbons (Fsp3) is 0.0192. The summed E-state index contributed by atoms with van der Waals surface area (Å²) in [6.45, 7) is 0. The third-order valence-corrected chi connectivity index (χ3v) is 11.3. The lowest BCUT2D eigenvalue weighted by Gasteiger charge is -2.22. The van der Waals surface area contributed by atoms with Crippen LogP contribution in [0.25, 0.3) is 88.4 Å². The van der Waals surface area contributed by atoms with E-state index in [1.54, 1.807) is 30.3 Å². The summed E-state index contributed by atoms with van der Waals surface area (Å²) in [5.74, 6) is 0. The second kappa shape index (κ2) is 13.9. The molecule has 10 rings (SSSR count). The zero-order valence-corrected chi connectivity index (χ0v) is 31.5. The van der Waals surface area contributed by atoms with Gasteiger partial charge in [0.05, 0.1) is 73.9 Å². The van der Waals surface area contributed by atoms with E-state index in [4.69, 9.17) is 0 Å². The molecule has 2 aromatic heterocycles. The summed E-state index contributed by atoms with van der Waals surface area (Å²) in [6.07, 6.45) is -4.63. The summed E-state index contributed by atoms with van der Waals surface area (Å²) in [5, 5.41) is 34.4. The lowest BCUT2D eigenvalue weighted by molar-refractivity contribution is -0.137. The molecule has 0 saturated heterocycles. The van der Waals surface area contributed by atoms with E-state index in [-0.39, 0.29) is 0 Å². The summed E-state index contributed by atoms with van der Waals surface area (Å²) in [6, 6.07) is 58.0. The number of para-hydroxylation sites is 2. The van der Waals surface area contributed by atoms with Crippen molar-refractivity contribution in [2.24, 2.45) is 0 Å². The molecule has 0 spiro atoms. The number of fused-ring (bicyclic) bond motifs is 6. The van der Waals surface area contributed by atoms with Crippen molar-refractivity contribution < 1.29 is 13.2 Å². The van der Waals surface area contributed by atoms with Crippen LogP contribution >= 0.6 is 0 Å². The Balaban J connectivity index is 1.38. The van der Waals surface area contributed by atoms with Crippen molar-refractivity contribution >= 4 is 43.6 Å². The molecular formula is C52H28F3N5. The Bertz CT molecular complexity index is 3330. The Labute approximate surface area is 341 Å². The lowest BCUT2D eigenvalue weighted by atomic mass is 9.96. The number of halogens is 3. The summed E-state index contributed by atoms with van der Waals surface area (Å²) in [5.41, 5.74) is 8.35. The molecular weight excluding hydrogens is 752 g/mol. The van der Waals surface area contributed by atoms with E-state index < -0.39 is 11.7 Å². The molecule has 0 N–H and O–H groups in total. The van der Waals surface area contributed by atoms with Gasteiger partial charge in [0.1, 0.15) is 0 Å². The van der Waals surface area contributed by atoms with Gasteiger partial charge in [-0.15, -0.1) is 0 Å². The minimum absolute atomic E-state index is 0.296. The maximum Gasteiger partial charge on any atom is 0.416 e. The van der Waals surface area contributed by atoms with Crippen molar-refractivity contribution in [2.45, 2.75) is 6.18 Å². The van der Waals surface area contributed by atoms with Crippen LogP contribution in [0.15, 0.2) is 170 Å². The third kappa shape index (κ3) is 5.69. The Morgan fingerprint density at radius 2 is 0.867 bits per heavy atom. The van der Waals surface area contributed by atoms with E-state index in [0.29, 0.717) is 39.2 Å². The SMILES string of the molecule is N#Cc1cc(-n2c3ccccc3c3ccc(-c4ccccc4C#N)cc32)c(-c2cccc(C(F)(F)F)c2)c(-n2c3ccccc3c3ccc(-c4ccccc4C#N)cc32)c1. The summed E-state index contributed by atoms with van der Waals surface area (Å²) >= 11 is 0. The highest BCUT2D eigenvalue weighted by Gasteiger charge is 2.32. The van der Waals surface area contributed by atoms with Crippen LogP contribution < -0.4 is 0 Å².